The summed E-state index contributed by atoms with van der Waals surface area (Å²) in [6.45, 7) is 8.07. The van der Waals surface area contributed by atoms with Crippen molar-refractivity contribution in [2.24, 2.45) is 5.92 Å². The first kappa shape index (κ1) is 21.3. The molecule has 1 saturated heterocycles. The molecule has 1 fully saturated rings. The van der Waals surface area contributed by atoms with Crippen molar-refractivity contribution in [2.45, 2.75) is 32.9 Å². The molecule has 2 atom stereocenters. The summed E-state index contributed by atoms with van der Waals surface area (Å²) in [4.78, 5) is 14.9. The largest absolute Gasteiger partial charge is 0.367 e. The maximum absolute atomic E-state index is 12.6. The van der Waals surface area contributed by atoms with Crippen LogP contribution in [-0.4, -0.2) is 31.6 Å². The van der Waals surface area contributed by atoms with Crippen molar-refractivity contribution in [2.75, 3.05) is 24.5 Å². The van der Waals surface area contributed by atoms with Crippen LogP contribution in [0.25, 0.3) is 0 Å². The average molecular weight is 388 g/mol. The highest BCUT2D eigenvalue weighted by molar-refractivity contribution is 5.94. The molecule has 1 amide bonds. The lowest BCUT2D eigenvalue weighted by Gasteiger charge is -2.30. The van der Waals surface area contributed by atoms with Crippen LogP contribution in [-0.2, 0) is 6.54 Å². The summed E-state index contributed by atoms with van der Waals surface area (Å²) in [5.41, 5.74) is 3.16. The Morgan fingerprint density at radius 2 is 1.85 bits per heavy atom. The van der Waals surface area contributed by atoms with Gasteiger partial charge in [-0.3, -0.25) is 4.79 Å². The summed E-state index contributed by atoms with van der Waals surface area (Å²) < 4.78 is 0. The highest BCUT2D eigenvalue weighted by Crippen LogP contribution is 2.19. The van der Waals surface area contributed by atoms with Crippen molar-refractivity contribution in [1.82, 2.24) is 10.6 Å². The Balaban J connectivity index is 0.00000261. The first-order valence-electron chi connectivity index (χ1n) is 9.58. The zero-order valence-electron chi connectivity index (χ0n) is 16.2. The molecule has 146 valence electrons. The molecule has 0 bridgehead atoms. The number of carbonyl (C=O) groups is 1. The normalized spacial score (nSPS) is 19.0. The van der Waals surface area contributed by atoms with Crippen molar-refractivity contribution in [3.8, 4) is 0 Å². The minimum atomic E-state index is 0. The maximum atomic E-state index is 12.6. The lowest BCUT2D eigenvalue weighted by molar-refractivity contribution is 0.0914. The summed E-state index contributed by atoms with van der Waals surface area (Å²) >= 11 is 0. The standard InChI is InChI=1S/C22H29N3O.ClH/c1-3-25(16-18-7-5-4-6-8-18)20-11-9-19(10-12-20)22(26)24-21-13-14-23-15-17(21)2;/h4-12,17,21,23H,3,13-16H2,1-2H3,(H,24,26);1H. The first-order valence-corrected chi connectivity index (χ1v) is 9.58. The van der Waals surface area contributed by atoms with Crippen molar-refractivity contribution in [3.63, 3.8) is 0 Å². The van der Waals surface area contributed by atoms with E-state index >= 15 is 0 Å². The number of rotatable bonds is 6. The van der Waals surface area contributed by atoms with E-state index in [1.54, 1.807) is 0 Å². The fourth-order valence-corrected chi connectivity index (χ4v) is 3.49. The Labute approximate surface area is 168 Å². The van der Waals surface area contributed by atoms with Crippen LogP contribution >= 0.6 is 12.4 Å². The second kappa shape index (κ2) is 10.3. The number of hydrogen-bond acceptors (Lipinski definition) is 3. The third kappa shape index (κ3) is 5.72. The maximum Gasteiger partial charge on any atom is 0.251 e. The number of halogens is 1. The molecule has 3 rings (SSSR count). The molecule has 1 aliphatic rings. The van der Waals surface area contributed by atoms with E-state index in [0.29, 0.717) is 5.92 Å². The predicted molar refractivity (Wildman–Crippen MR) is 115 cm³/mol. The van der Waals surface area contributed by atoms with E-state index in [-0.39, 0.29) is 24.4 Å². The molecular weight excluding hydrogens is 358 g/mol. The van der Waals surface area contributed by atoms with Gasteiger partial charge >= 0.3 is 0 Å². The number of amides is 1. The summed E-state index contributed by atoms with van der Waals surface area (Å²) in [6.07, 6.45) is 0.992. The van der Waals surface area contributed by atoms with Crippen LogP contribution < -0.4 is 15.5 Å². The molecule has 2 aromatic carbocycles. The zero-order chi connectivity index (χ0) is 18.4. The predicted octanol–water partition coefficient (Wildman–Crippen LogP) is 3.86. The van der Waals surface area contributed by atoms with E-state index in [0.717, 1.165) is 43.9 Å². The summed E-state index contributed by atoms with van der Waals surface area (Å²) in [5, 5.41) is 6.56. The molecule has 2 N–H and O–H groups in total. The molecule has 0 radical (unpaired) electrons. The smallest absolute Gasteiger partial charge is 0.251 e. The number of anilines is 1. The molecule has 27 heavy (non-hydrogen) atoms. The van der Waals surface area contributed by atoms with E-state index in [1.807, 2.05) is 30.3 Å². The molecule has 0 saturated carbocycles. The Morgan fingerprint density at radius 3 is 2.48 bits per heavy atom. The van der Waals surface area contributed by atoms with E-state index in [9.17, 15) is 4.79 Å². The van der Waals surface area contributed by atoms with Crippen LogP contribution in [0.4, 0.5) is 5.69 Å². The highest BCUT2D eigenvalue weighted by atomic mass is 35.5. The minimum Gasteiger partial charge on any atom is -0.367 e. The summed E-state index contributed by atoms with van der Waals surface area (Å²) in [5.74, 6) is 0.495. The Kier molecular flexibility index (Phi) is 8.14. The third-order valence-corrected chi connectivity index (χ3v) is 5.19. The highest BCUT2D eigenvalue weighted by Gasteiger charge is 2.23. The van der Waals surface area contributed by atoms with Gasteiger partial charge in [0.2, 0.25) is 0 Å². The van der Waals surface area contributed by atoms with Crippen molar-refractivity contribution >= 4 is 24.0 Å². The molecule has 1 aliphatic heterocycles. The van der Waals surface area contributed by atoms with Gasteiger partial charge in [-0.2, -0.15) is 0 Å². The topological polar surface area (TPSA) is 44.4 Å². The van der Waals surface area contributed by atoms with E-state index in [2.05, 4.69) is 53.6 Å². The number of piperidine rings is 1. The number of nitrogens with zero attached hydrogens (tertiary/aromatic N) is 1. The van der Waals surface area contributed by atoms with Crippen LogP contribution in [0.1, 0.15) is 36.2 Å². The van der Waals surface area contributed by atoms with Crippen LogP contribution in [0.15, 0.2) is 54.6 Å². The molecule has 0 aromatic heterocycles. The molecular formula is C22H30ClN3O. The lowest BCUT2D eigenvalue weighted by atomic mass is 9.95. The Hall–Kier alpha value is -2.04. The van der Waals surface area contributed by atoms with Crippen LogP contribution in [0.3, 0.4) is 0 Å². The van der Waals surface area contributed by atoms with Gasteiger partial charge in [0, 0.05) is 30.4 Å². The van der Waals surface area contributed by atoms with Gasteiger partial charge in [-0.25, -0.2) is 0 Å². The second-order valence-electron chi connectivity index (χ2n) is 7.10. The molecule has 1 heterocycles. The molecule has 0 aliphatic carbocycles. The van der Waals surface area contributed by atoms with E-state index in [1.165, 1.54) is 5.56 Å². The third-order valence-electron chi connectivity index (χ3n) is 5.19. The fourth-order valence-electron chi connectivity index (χ4n) is 3.49. The van der Waals surface area contributed by atoms with Gasteiger partial charge in [0.05, 0.1) is 0 Å². The average Bonchev–Trinajstić information content (AvgIpc) is 2.69. The summed E-state index contributed by atoms with van der Waals surface area (Å²) in [7, 11) is 0. The zero-order valence-corrected chi connectivity index (χ0v) is 17.0. The molecule has 2 unspecified atom stereocenters. The van der Waals surface area contributed by atoms with Crippen LogP contribution in [0.5, 0.6) is 0 Å². The second-order valence-corrected chi connectivity index (χ2v) is 7.10. The van der Waals surface area contributed by atoms with Crippen LogP contribution in [0.2, 0.25) is 0 Å². The lowest BCUT2D eigenvalue weighted by Crippen LogP contribution is -2.48. The molecule has 4 nitrogen and oxygen atoms in total. The van der Waals surface area contributed by atoms with Crippen molar-refractivity contribution in [3.05, 3.63) is 65.7 Å². The first-order chi connectivity index (χ1) is 12.7. The number of nitrogens with one attached hydrogen (secondary N) is 2. The van der Waals surface area contributed by atoms with Crippen molar-refractivity contribution < 1.29 is 4.79 Å². The molecule has 0 spiro atoms. The Bertz CT molecular complexity index is 705. The quantitative estimate of drug-likeness (QED) is 0.790. The van der Waals surface area contributed by atoms with Gasteiger partial charge in [0.1, 0.15) is 0 Å². The van der Waals surface area contributed by atoms with Gasteiger partial charge < -0.3 is 15.5 Å². The van der Waals surface area contributed by atoms with Gasteiger partial charge in [-0.05, 0) is 62.2 Å². The minimum absolute atomic E-state index is 0. The van der Waals surface area contributed by atoms with Gasteiger partial charge in [-0.15, -0.1) is 12.4 Å². The number of benzene rings is 2. The molecule has 5 heteroatoms. The van der Waals surface area contributed by atoms with Gasteiger partial charge in [0.25, 0.3) is 5.91 Å². The van der Waals surface area contributed by atoms with E-state index in [4.69, 9.17) is 0 Å². The number of hydrogen-bond donors (Lipinski definition) is 2. The van der Waals surface area contributed by atoms with E-state index < -0.39 is 0 Å². The van der Waals surface area contributed by atoms with Gasteiger partial charge in [-0.1, -0.05) is 37.3 Å². The Morgan fingerprint density at radius 1 is 1.15 bits per heavy atom. The van der Waals surface area contributed by atoms with Crippen LogP contribution in [0, 0.1) is 5.92 Å². The SMILES string of the molecule is CCN(Cc1ccccc1)c1ccc(C(=O)NC2CCNCC2C)cc1.Cl. The monoisotopic (exact) mass is 387 g/mol. The van der Waals surface area contributed by atoms with Gasteiger partial charge in [0.15, 0.2) is 0 Å². The van der Waals surface area contributed by atoms with Crippen molar-refractivity contribution in [1.29, 1.82) is 0 Å². The number of carbonyl (C=O) groups excluding carboxylic acids is 1. The summed E-state index contributed by atoms with van der Waals surface area (Å²) in [6, 6.07) is 18.7. The fraction of sp³-hybridized carbons (Fsp3) is 0.409. The molecule has 2 aromatic rings.